The maximum atomic E-state index is 12.5. The van der Waals surface area contributed by atoms with Gasteiger partial charge < -0.3 is 0 Å². The van der Waals surface area contributed by atoms with Gasteiger partial charge in [-0.15, -0.1) is 0 Å². The molecular weight excluding hydrogens is 312 g/mol. The number of hydrogen-bond acceptors (Lipinski definition) is 0. The molecule has 0 spiro atoms. The summed E-state index contributed by atoms with van der Waals surface area (Å²) < 4.78 is 146. The average Bonchev–Trinajstić information content (AvgIpc) is 2.14. The van der Waals surface area contributed by atoms with E-state index in [1.54, 1.807) is 0 Å². The molecule has 0 fully saturated rings. The second-order valence-electron chi connectivity index (χ2n) is 3.46. The third-order valence-electron chi connectivity index (χ3n) is 2.06. The lowest BCUT2D eigenvalue weighted by Crippen LogP contribution is -2.68. The lowest BCUT2D eigenvalue weighted by Gasteiger charge is -2.37. The fraction of sp³-hybridized carbons (Fsp3) is 1.00. The monoisotopic (exact) mass is 316 g/mol. The van der Waals surface area contributed by atoms with Gasteiger partial charge in [0.1, 0.15) is 0 Å². The molecule has 0 aliphatic heterocycles. The molecule has 0 bridgehead atoms. The van der Waals surface area contributed by atoms with E-state index in [9.17, 15) is 52.7 Å². The highest BCUT2D eigenvalue weighted by Crippen LogP contribution is 2.58. The predicted octanol–water partition coefficient (Wildman–Crippen LogP) is 4.45. The first-order chi connectivity index (χ1) is 7.94. The first kappa shape index (κ1) is 18.2. The molecule has 1 unspecified atom stereocenters. The van der Waals surface area contributed by atoms with Gasteiger partial charge >= 0.3 is 29.9 Å². The van der Waals surface area contributed by atoms with Crippen LogP contribution in [0.25, 0.3) is 0 Å². The molecule has 1 atom stereocenters. The van der Waals surface area contributed by atoms with E-state index in [2.05, 4.69) is 0 Å². The number of rotatable bonds is 4. The molecule has 116 valence electrons. The Kier molecular flexibility index (Phi) is 4.14. The van der Waals surface area contributed by atoms with Crippen LogP contribution in [0.5, 0.6) is 0 Å². The third-order valence-corrected chi connectivity index (χ3v) is 2.06. The van der Waals surface area contributed by atoms with Gasteiger partial charge in [-0.1, -0.05) is 0 Å². The second-order valence-corrected chi connectivity index (χ2v) is 3.46. The summed E-state index contributed by atoms with van der Waals surface area (Å²) in [4.78, 5) is 0. The van der Waals surface area contributed by atoms with Crippen molar-refractivity contribution in [3.8, 4) is 0 Å². The Hall–Kier alpha value is -0.840. The van der Waals surface area contributed by atoms with E-state index in [1.807, 2.05) is 0 Å². The van der Waals surface area contributed by atoms with Crippen molar-refractivity contribution >= 4 is 0 Å². The molecular formula is C7H4F12. The average molecular weight is 316 g/mol. The molecule has 12 heteroatoms. The van der Waals surface area contributed by atoms with Gasteiger partial charge in [0.25, 0.3) is 0 Å². The van der Waals surface area contributed by atoms with E-state index in [1.165, 1.54) is 0 Å². The Morgan fingerprint density at radius 1 is 0.579 bits per heavy atom. The second kappa shape index (κ2) is 4.33. The summed E-state index contributed by atoms with van der Waals surface area (Å²) >= 11 is 0. The van der Waals surface area contributed by atoms with E-state index in [4.69, 9.17) is 0 Å². The number of alkyl halides is 12. The molecule has 0 aliphatic carbocycles. The van der Waals surface area contributed by atoms with E-state index < -0.39 is 43.0 Å². The molecule has 0 aromatic heterocycles. The minimum atomic E-state index is -7.54. The van der Waals surface area contributed by atoms with Crippen LogP contribution in [-0.4, -0.2) is 36.0 Å². The van der Waals surface area contributed by atoms with Crippen molar-refractivity contribution in [2.75, 3.05) is 0 Å². The lowest BCUT2D eigenvalue weighted by atomic mass is 9.96. The van der Waals surface area contributed by atoms with Gasteiger partial charge in [-0.2, -0.15) is 48.3 Å². The predicted molar refractivity (Wildman–Crippen MR) is 36.4 cm³/mol. The summed E-state index contributed by atoms with van der Waals surface area (Å²) in [5, 5.41) is 0. The number of halogens is 12. The zero-order valence-electron chi connectivity index (χ0n) is 8.61. The van der Waals surface area contributed by atoms with Crippen LogP contribution < -0.4 is 0 Å². The SMILES string of the molecule is CC(F)C(F)(F)C(F)(F)C(F)(F)C(F)(F)C(F)(F)F. The fourth-order valence-electron chi connectivity index (χ4n) is 0.834. The van der Waals surface area contributed by atoms with Crippen LogP contribution in [-0.2, 0) is 0 Å². The minimum absolute atomic E-state index is 0.393. The van der Waals surface area contributed by atoms with Crippen LogP contribution >= 0.6 is 0 Å². The van der Waals surface area contributed by atoms with E-state index in [0.717, 1.165) is 0 Å². The molecule has 0 saturated heterocycles. The van der Waals surface area contributed by atoms with E-state index >= 15 is 0 Å². The minimum Gasteiger partial charge on any atom is -0.241 e. The molecule has 0 aromatic carbocycles. The first-order valence-electron chi connectivity index (χ1n) is 4.16. The van der Waals surface area contributed by atoms with Gasteiger partial charge in [-0.3, -0.25) is 0 Å². The Bertz CT molecular complexity index is 323. The van der Waals surface area contributed by atoms with Crippen LogP contribution in [0.4, 0.5) is 52.7 Å². The lowest BCUT2D eigenvalue weighted by molar-refractivity contribution is -0.426. The maximum Gasteiger partial charge on any atom is 0.460 e. The quantitative estimate of drug-likeness (QED) is 0.672. The van der Waals surface area contributed by atoms with Gasteiger partial charge in [0.2, 0.25) is 0 Å². The van der Waals surface area contributed by atoms with Gasteiger partial charge in [-0.25, -0.2) is 4.39 Å². The number of hydrogen-bond donors (Lipinski definition) is 0. The summed E-state index contributed by atoms with van der Waals surface area (Å²) in [6.07, 6.45) is -11.3. The first-order valence-corrected chi connectivity index (χ1v) is 4.16. The zero-order chi connectivity index (χ0) is 16.1. The Labute approximate surface area is 96.9 Å². The standard InChI is InChI=1S/C7H4F12/c1-2(8)3(9,10)4(11,12)5(13,14)6(15,16)7(17,18)19/h2H,1H3. The molecule has 0 nitrogen and oxygen atoms in total. The summed E-state index contributed by atoms with van der Waals surface area (Å²) in [6, 6.07) is 0. The molecule has 0 radical (unpaired) electrons. The van der Waals surface area contributed by atoms with Gasteiger partial charge in [-0.05, 0) is 6.92 Å². The van der Waals surface area contributed by atoms with E-state index in [-0.39, 0.29) is 0 Å². The molecule has 0 amide bonds. The molecule has 19 heavy (non-hydrogen) atoms. The topological polar surface area (TPSA) is 0 Å². The van der Waals surface area contributed by atoms with Crippen molar-refractivity contribution in [1.29, 1.82) is 0 Å². The maximum absolute atomic E-state index is 12.5. The molecule has 0 saturated carbocycles. The van der Waals surface area contributed by atoms with Crippen LogP contribution in [0.3, 0.4) is 0 Å². The van der Waals surface area contributed by atoms with Crippen molar-refractivity contribution in [2.24, 2.45) is 0 Å². The zero-order valence-corrected chi connectivity index (χ0v) is 8.61. The largest absolute Gasteiger partial charge is 0.460 e. The smallest absolute Gasteiger partial charge is 0.241 e. The molecule has 0 heterocycles. The fourth-order valence-corrected chi connectivity index (χ4v) is 0.834. The summed E-state index contributed by atoms with van der Waals surface area (Å²) in [5.74, 6) is -28.7. The molecule has 0 N–H and O–H groups in total. The Balaban J connectivity index is 5.92. The van der Waals surface area contributed by atoms with Crippen molar-refractivity contribution in [3.63, 3.8) is 0 Å². The normalized spacial score (nSPS) is 17.5. The van der Waals surface area contributed by atoms with Crippen molar-refractivity contribution in [2.45, 2.75) is 43.0 Å². The van der Waals surface area contributed by atoms with Gasteiger partial charge in [0, 0.05) is 0 Å². The van der Waals surface area contributed by atoms with Crippen molar-refractivity contribution in [3.05, 3.63) is 0 Å². The summed E-state index contributed by atoms with van der Waals surface area (Å²) in [6.45, 7) is -0.393. The molecule has 0 aromatic rings. The van der Waals surface area contributed by atoms with Crippen LogP contribution in [0.2, 0.25) is 0 Å². The summed E-state index contributed by atoms with van der Waals surface area (Å²) in [5.41, 5.74) is 0. The van der Waals surface area contributed by atoms with Crippen LogP contribution in [0.1, 0.15) is 6.92 Å². The highest BCUT2D eigenvalue weighted by Gasteiger charge is 2.87. The molecule has 0 rings (SSSR count). The van der Waals surface area contributed by atoms with Gasteiger partial charge in [0.15, 0.2) is 6.17 Å². The van der Waals surface area contributed by atoms with Crippen molar-refractivity contribution in [1.82, 2.24) is 0 Å². The van der Waals surface area contributed by atoms with Crippen LogP contribution in [0, 0.1) is 0 Å². The van der Waals surface area contributed by atoms with Crippen molar-refractivity contribution < 1.29 is 52.7 Å². The van der Waals surface area contributed by atoms with Gasteiger partial charge in [0.05, 0.1) is 0 Å². The highest BCUT2D eigenvalue weighted by molar-refractivity contribution is 5.07. The molecule has 0 aliphatic rings. The summed E-state index contributed by atoms with van der Waals surface area (Å²) in [7, 11) is 0. The van der Waals surface area contributed by atoms with E-state index in [0.29, 0.717) is 0 Å². The van der Waals surface area contributed by atoms with Crippen LogP contribution in [0.15, 0.2) is 0 Å². The third kappa shape index (κ3) is 2.33. The Morgan fingerprint density at radius 3 is 1.11 bits per heavy atom. The highest BCUT2D eigenvalue weighted by atomic mass is 19.4. The Morgan fingerprint density at radius 2 is 0.895 bits per heavy atom.